The number of amides is 1. The molecule has 0 radical (unpaired) electrons. The van der Waals surface area contributed by atoms with Crippen LogP contribution in [0.4, 0.5) is 5.69 Å². The predicted molar refractivity (Wildman–Crippen MR) is 88.1 cm³/mol. The van der Waals surface area contributed by atoms with E-state index in [9.17, 15) is 14.4 Å². The molecule has 1 aromatic heterocycles. The molecule has 0 saturated heterocycles. The first-order valence-electron chi connectivity index (χ1n) is 7.14. The van der Waals surface area contributed by atoms with Gasteiger partial charge in [0.25, 0.3) is 5.91 Å². The van der Waals surface area contributed by atoms with Gasteiger partial charge in [-0.2, -0.15) is 0 Å². The van der Waals surface area contributed by atoms with Crippen LogP contribution in [0.2, 0.25) is 0 Å². The summed E-state index contributed by atoms with van der Waals surface area (Å²) >= 11 is 0. The van der Waals surface area contributed by atoms with Gasteiger partial charge in [0.1, 0.15) is 5.58 Å². The van der Waals surface area contributed by atoms with E-state index in [0.29, 0.717) is 11.3 Å². The highest BCUT2D eigenvalue weighted by Gasteiger charge is 2.26. The van der Waals surface area contributed by atoms with Crippen molar-refractivity contribution < 1.29 is 19.1 Å². The normalized spacial score (nSPS) is 14.0. The third kappa shape index (κ3) is 2.94. The summed E-state index contributed by atoms with van der Waals surface area (Å²) in [5.41, 5.74) is 0.420. The second-order valence-electron chi connectivity index (χ2n) is 5.18. The first-order chi connectivity index (χ1) is 11.5. The number of aliphatic imine (C=N–C) groups is 2. The molecule has 2 N–H and O–H groups in total. The van der Waals surface area contributed by atoms with Gasteiger partial charge in [0.05, 0.1) is 13.1 Å². The summed E-state index contributed by atoms with van der Waals surface area (Å²) in [4.78, 5) is 42.6. The highest BCUT2D eigenvalue weighted by Crippen LogP contribution is 2.22. The summed E-state index contributed by atoms with van der Waals surface area (Å²) in [6.45, 7) is 2.30. The van der Waals surface area contributed by atoms with E-state index in [1.807, 2.05) is 0 Å². The van der Waals surface area contributed by atoms with Crippen molar-refractivity contribution in [2.45, 2.75) is 6.92 Å². The molecule has 3 rings (SSSR count). The predicted octanol–water partition coefficient (Wildman–Crippen LogP) is 1.02. The summed E-state index contributed by atoms with van der Waals surface area (Å²) in [6, 6.07) is 6.16. The minimum Gasteiger partial charge on any atom is -0.476 e. The Morgan fingerprint density at radius 2 is 1.88 bits per heavy atom. The van der Waals surface area contributed by atoms with Crippen LogP contribution in [0.15, 0.2) is 43.5 Å². The molecule has 0 fully saturated rings. The molecular formula is C16H13N3O5. The van der Waals surface area contributed by atoms with Gasteiger partial charge in [0.15, 0.2) is 11.4 Å². The van der Waals surface area contributed by atoms with E-state index >= 15 is 0 Å². The first-order valence-corrected chi connectivity index (χ1v) is 7.14. The van der Waals surface area contributed by atoms with Crippen molar-refractivity contribution in [2.24, 2.45) is 9.98 Å². The summed E-state index contributed by atoms with van der Waals surface area (Å²) in [6.07, 6.45) is 0. The Morgan fingerprint density at radius 3 is 2.58 bits per heavy atom. The van der Waals surface area contributed by atoms with Gasteiger partial charge in [-0.1, -0.05) is 0 Å². The minimum absolute atomic E-state index is 0.221. The molecule has 0 aliphatic carbocycles. The zero-order valence-electron chi connectivity index (χ0n) is 12.7. The van der Waals surface area contributed by atoms with Crippen molar-refractivity contribution in [3.05, 3.63) is 40.2 Å². The number of nitrogens with zero attached hydrogens (tertiary/aromatic N) is 2. The quantitative estimate of drug-likeness (QED) is 0.815. The van der Waals surface area contributed by atoms with E-state index in [2.05, 4.69) is 15.3 Å². The molecule has 2 aromatic rings. The topological polar surface area (TPSA) is 121 Å². The Kier molecular flexibility index (Phi) is 3.95. The molecule has 0 bridgehead atoms. The number of fused-ring (bicyclic) bond motifs is 1. The highest BCUT2D eigenvalue weighted by molar-refractivity contribution is 6.81. The summed E-state index contributed by atoms with van der Waals surface area (Å²) in [5.74, 6) is -1.97. The second-order valence-corrected chi connectivity index (χ2v) is 5.18. The number of carbonyl (C=O) groups is 2. The average molecular weight is 327 g/mol. The SMILES string of the molecule is Cc1cc(NC(=O)C2=NCCN=C2C(=O)O)cc2oc(=O)ccc12. The van der Waals surface area contributed by atoms with Crippen molar-refractivity contribution in [3.8, 4) is 0 Å². The lowest BCUT2D eigenvalue weighted by atomic mass is 10.1. The number of anilines is 1. The molecule has 0 spiro atoms. The molecule has 122 valence electrons. The van der Waals surface area contributed by atoms with Gasteiger partial charge in [-0.15, -0.1) is 0 Å². The van der Waals surface area contributed by atoms with Crippen molar-refractivity contribution in [1.29, 1.82) is 0 Å². The molecule has 2 heterocycles. The van der Waals surface area contributed by atoms with Crippen LogP contribution in [-0.4, -0.2) is 41.5 Å². The van der Waals surface area contributed by atoms with Crippen LogP contribution in [0, 0.1) is 6.92 Å². The number of hydrogen-bond acceptors (Lipinski definition) is 6. The standard InChI is InChI=1S/C16H13N3O5/c1-8-6-9(7-11-10(8)2-3-12(20)24-11)19-15(21)13-14(16(22)23)18-5-4-17-13/h2-3,6-7H,4-5H2,1H3,(H,19,21)(H,22,23). The monoisotopic (exact) mass is 327 g/mol. The maximum Gasteiger partial charge on any atom is 0.356 e. The Hall–Kier alpha value is -3.29. The maximum atomic E-state index is 12.3. The fraction of sp³-hybridized carbons (Fsp3) is 0.188. The fourth-order valence-electron chi connectivity index (χ4n) is 2.44. The number of hydrogen-bond donors (Lipinski definition) is 2. The number of carboxylic acid groups (broad SMARTS) is 1. The van der Waals surface area contributed by atoms with Crippen molar-refractivity contribution >= 4 is 40.0 Å². The van der Waals surface area contributed by atoms with E-state index in [0.717, 1.165) is 10.9 Å². The molecular weight excluding hydrogens is 314 g/mol. The average Bonchev–Trinajstić information content (AvgIpc) is 2.54. The van der Waals surface area contributed by atoms with Crippen LogP contribution in [0.5, 0.6) is 0 Å². The number of aliphatic carboxylic acids is 1. The molecule has 8 heteroatoms. The molecule has 0 saturated carbocycles. The van der Waals surface area contributed by atoms with Crippen molar-refractivity contribution in [1.82, 2.24) is 0 Å². The number of benzene rings is 1. The van der Waals surface area contributed by atoms with Crippen LogP contribution in [0.1, 0.15) is 5.56 Å². The van der Waals surface area contributed by atoms with E-state index in [1.165, 1.54) is 12.1 Å². The van der Waals surface area contributed by atoms with Crippen LogP contribution in [0.3, 0.4) is 0 Å². The minimum atomic E-state index is -1.30. The smallest absolute Gasteiger partial charge is 0.356 e. The summed E-state index contributed by atoms with van der Waals surface area (Å²) in [7, 11) is 0. The van der Waals surface area contributed by atoms with Gasteiger partial charge in [-0.25, -0.2) is 9.59 Å². The first kappa shape index (κ1) is 15.6. The van der Waals surface area contributed by atoms with Gasteiger partial charge in [0.2, 0.25) is 0 Å². The number of carbonyl (C=O) groups excluding carboxylic acids is 1. The van der Waals surface area contributed by atoms with E-state index in [4.69, 9.17) is 9.52 Å². The van der Waals surface area contributed by atoms with Crippen LogP contribution < -0.4 is 10.9 Å². The van der Waals surface area contributed by atoms with E-state index < -0.39 is 17.5 Å². The van der Waals surface area contributed by atoms with Gasteiger partial charge in [0, 0.05) is 23.2 Å². The lowest BCUT2D eigenvalue weighted by molar-refractivity contribution is -0.129. The number of aryl methyl sites for hydroxylation is 1. The Morgan fingerprint density at radius 1 is 1.17 bits per heavy atom. The van der Waals surface area contributed by atoms with Gasteiger partial charge in [-0.3, -0.25) is 14.8 Å². The summed E-state index contributed by atoms with van der Waals surface area (Å²) < 4.78 is 5.11. The highest BCUT2D eigenvalue weighted by atomic mass is 16.4. The van der Waals surface area contributed by atoms with E-state index in [1.54, 1.807) is 19.1 Å². The second kappa shape index (κ2) is 6.07. The molecule has 1 aliphatic heterocycles. The largest absolute Gasteiger partial charge is 0.476 e. The molecule has 0 unspecified atom stereocenters. The molecule has 1 aliphatic rings. The van der Waals surface area contributed by atoms with Crippen molar-refractivity contribution in [3.63, 3.8) is 0 Å². The third-order valence-corrected chi connectivity index (χ3v) is 3.49. The van der Waals surface area contributed by atoms with Crippen LogP contribution in [-0.2, 0) is 9.59 Å². The molecule has 1 aromatic carbocycles. The number of rotatable bonds is 3. The third-order valence-electron chi connectivity index (χ3n) is 3.49. The Labute approximate surface area is 135 Å². The Balaban J connectivity index is 1.93. The fourth-order valence-corrected chi connectivity index (χ4v) is 2.44. The van der Waals surface area contributed by atoms with Crippen molar-refractivity contribution in [2.75, 3.05) is 18.4 Å². The molecule has 24 heavy (non-hydrogen) atoms. The molecule has 0 atom stereocenters. The van der Waals surface area contributed by atoms with Crippen LogP contribution >= 0.6 is 0 Å². The lowest BCUT2D eigenvalue weighted by Gasteiger charge is -2.12. The zero-order chi connectivity index (χ0) is 17.3. The number of carboxylic acids is 1. The van der Waals surface area contributed by atoms with Gasteiger partial charge >= 0.3 is 11.6 Å². The maximum absolute atomic E-state index is 12.3. The van der Waals surface area contributed by atoms with Crippen LogP contribution in [0.25, 0.3) is 11.0 Å². The van der Waals surface area contributed by atoms with E-state index in [-0.39, 0.29) is 24.5 Å². The zero-order valence-corrected chi connectivity index (χ0v) is 12.7. The molecule has 8 nitrogen and oxygen atoms in total. The lowest BCUT2D eigenvalue weighted by Crippen LogP contribution is -2.37. The Bertz CT molecular complexity index is 971. The molecule has 1 amide bonds. The number of nitrogens with one attached hydrogen (secondary N) is 1. The van der Waals surface area contributed by atoms with Gasteiger partial charge < -0.3 is 14.8 Å². The summed E-state index contributed by atoms with van der Waals surface area (Å²) in [5, 5.41) is 12.4. The van der Waals surface area contributed by atoms with Gasteiger partial charge in [-0.05, 0) is 24.6 Å².